The Balaban J connectivity index is 0.00000120. The van der Waals surface area contributed by atoms with Crippen molar-refractivity contribution in [2.24, 2.45) is 0 Å². The molecule has 0 aliphatic carbocycles. The number of benzene rings is 4. The van der Waals surface area contributed by atoms with Gasteiger partial charge in [0.05, 0.1) is 26.4 Å². The molecule has 4 rings (SSSR count). The van der Waals surface area contributed by atoms with E-state index in [2.05, 4.69) is 104 Å². The number of aryl methyl sites for hydroxylation is 8. The Labute approximate surface area is 445 Å². The molecule has 348 valence electrons. The average Bonchev–Trinajstić information content (AvgIpc) is 3.27. The molecule has 65 heavy (non-hydrogen) atoms. The Hall–Kier alpha value is 0.0501. The van der Waals surface area contributed by atoms with Gasteiger partial charge >= 0.3 is 58.4 Å². The molecule has 0 saturated carbocycles. The molecule has 17 heteroatoms. The molecule has 0 radical (unpaired) electrons. The maximum Gasteiger partial charge on any atom is 2.00 e. The monoisotopic (exact) mass is 1150 g/mol. The van der Waals surface area contributed by atoms with E-state index in [1.165, 1.54) is 22.3 Å². The fourth-order valence-corrected chi connectivity index (χ4v) is 15.4. The minimum absolute atomic E-state index is 0. The molecule has 0 amide bonds. The van der Waals surface area contributed by atoms with Gasteiger partial charge in [-0.2, -0.15) is 0 Å². The van der Waals surface area contributed by atoms with E-state index in [1.807, 2.05) is 24.3 Å². The summed E-state index contributed by atoms with van der Waals surface area (Å²) in [6.07, 6.45) is 7.42. The third kappa shape index (κ3) is 22.8. The van der Waals surface area contributed by atoms with E-state index < -0.39 is 31.5 Å². The predicted octanol–water partition coefficient (Wildman–Crippen LogP) is 7.91. The van der Waals surface area contributed by atoms with E-state index in [-0.39, 0.29) is 58.4 Å². The van der Waals surface area contributed by atoms with Gasteiger partial charge in [-0.3, -0.25) is 0 Å². The van der Waals surface area contributed by atoms with Crippen LogP contribution in [0.25, 0.3) is 0 Å². The summed E-state index contributed by atoms with van der Waals surface area (Å²) >= 11 is 9.66. The van der Waals surface area contributed by atoms with Crippen LogP contribution in [0.1, 0.15) is 99.9 Å². The summed E-state index contributed by atoms with van der Waals surface area (Å²) in [6, 6.07) is 24.8. The van der Waals surface area contributed by atoms with Gasteiger partial charge in [0.2, 0.25) is 0 Å². The summed E-state index contributed by atoms with van der Waals surface area (Å²) < 4.78 is 23.8. The molecule has 4 aromatic rings. The fourth-order valence-electron chi connectivity index (χ4n) is 6.72. The minimum atomic E-state index is -3.88. The molecule has 0 aliphatic rings. The zero-order valence-corrected chi connectivity index (χ0v) is 54.1. The van der Waals surface area contributed by atoms with Crippen molar-refractivity contribution in [2.75, 3.05) is 49.4 Å². The molecule has 0 fully saturated rings. The van der Waals surface area contributed by atoms with E-state index in [4.69, 9.17) is 43.4 Å². The van der Waals surface area contributed by atoms with Gasteiger partial charge < -0.3 is 74.4 Å². The van der Waals surface area contributed by atoms with Crippen LogP contribution in [-0.2, 0) is 154 Å². The second-order valence-corrected chi connectivity index (χ2v) is 30.2. The van der Waals surface area contributed by atoms with E-state index >= 15 is 0 Å². The van der Waals surface area contributed by atoms with Gasteiger partial charge in [0.25, 0.3) is 0 Å². The standard InChI is InChI=1S/2C24H34O4PS2.3Zn/c2*1-5-19-9-11-23(21(7-3)17-19)27-13-15-31(29(25,26)30)16-14-28-24-12-10-20(6-2)18-22(24)8-4;;;/h2*9-12,17-18H,5-8,13-16H2,1-4H3;;;/q2*-3;3*+2. The Bertz CT molecular complexity index is 1840. The van der Waals surface area contributed by atoms with Crippen LogP contribution in [-0.4, -0.2) is 49.4 Å². The summed E-state index contributed by atoms with van der Waals surface area (Å²) in [7, 11) is -1.91. The topological polar surface area (TPSA) is 129 Å². The smallest absolute Gasteiger partial charge is 0.854 e. The number of rotatable bonds is 24. The van der Waals surface area contributed by atoms with Gasteiger partial charge in [-0.1, -0.05) is 104 Å². The normalized spacial score (nSPS) is 11.2. The number of ether oxygens (including phenoxy) is 4. The van der Waals surface area contributed by atoms with Crippen molar-refractivity contribution in [3.05, 3.63) is 117 Å². The third-order valence-corrected chi connectivity index (χ3v) is 24.2. The summed E-state index contributed by atoms with van der Waals surface area (Å²) in [4.78, 5) is 48.7. The van der Waals surface area contributed by atoms with E-state index in [9.17, 15) is 19.6 Å². The molecule has 8 nitrogen and oxygen atoms in total. The van der Waals surface area contributed by atoms with Crippen molar-refractivity contribution < 1.29 is 97.0 Å². The van der Waals surface area contributed by atoms with Crippen LogP contribution in [0.3, 0.4) is 0 Å². The van der Waals surface area contributed by atoms with E-state index in [0.29, 0.717) is 49.4 Å². The van der Waals surface area contributed by atoms with Crippen LogP contribution in [0, 0.1) is 0 Å². The van der Waals surface area contributed by atoms with Crippen molar-refractivity contribution in [2.45, 2.75) is 107 Å². The Morgan fingerprint density at radius 2 is 0.569 bits per heavy atom. The van der Waals surface area contributed by atoms with Crippen LogP contribution >= 0.6 is 11.4 Å². The molecule has 4 aromatic carbocycles. The van der Waals surface area contributed by atoms with Gasteiger partial charge in [0.1, 0.15) is 23.0 Å². The van der Waals surface area contributed by atoms with Crippen molar-refractivity contribution >= 4 is 56.0 Å². The molecule has 0 aliphatic heterocycles. The van der Waals surface area contributed by atoms with Gasteiger partial charge in [0.15, 0.2) is 0 Å². The van der Waals surface area contributed by atoms with Crippen molar-refractivity contribution in [3.63, 3.8) is 0 Å². The molecule has 0 unspecified atom stereocenters. The molecule has 0 bridgehead atoms. The first-order chi connectivity index (χ1) is 29.6. The zero-order chi connectivity index (χ0) is 45.7. The molecular weight excluding hydrogens is 1090 g/mol. The number of hydrogen-bond acceptors (Lipinski definition) is 10. The van der Waals surface area contributed by atoms with Crippen LogP contribution < -0.4 is 38.5 Å². The first-order valence-corrected chi connectivity index (χ1v) is 31.6. The summed E-state index contributed by atoms with van der Waals surface area (Å²) in [6.45, 7) is 18.2. The largest absolute Gasteiger partial charge is 2.00 e. The second kappa shape index (κ2) is 34.4. The van der Waals surface area contributed by atoms with Crippen molar-refractivity contribution in [1.29, 1.82) is 0 Å². The quantitative estimate of drug-likeness (QED) is 0.0388. The molecular formula is C48H68O8P2S4Zn3. The summed E-state index contributed by atoms with van der Waals surface area (Å²) in [5.74, 6) is 4.87. The predicted molar refractivity (Wildman–Crippen MR) is 266 cm³/mol. The van der Waals surface area contributed by atoms with Crippen molar-refractivity contribution in [1.82, 2.24) is 0 Å². The molecule has 0 saturated heterocycles. The maximum atomic E-state index is 12.2. The van der Waals surface area contributed by atoms with E-state index in [0.717, 1.165) is 96.6 Å². The van der Waals surface area contributed by atoms with Gasteiger partial charge in [-0.05, 0) is 120 Å². The van der Waals surface area contributed by atoms with Gasteiger partial charge in [0, 0.05) is 23.0 Å². The van der Waals surface area contributed by atoms with E-state index in [1.54, 1.807) is 0 Å². The maximum absolute atomic E-state index is 12.2. The van der Waals surface area contributed by atoms with Crippen LogP contribution in [0.2, 0.25) is 0 Å². The van der Waals surface area contributed by atoms with Crippen LogP contribution in [0.4, 0.5) is 0 Å². The number of hydrogen-bond donors (Lipinski definition) is 0. The Morgan fingerprint density at radius 3 is 0.723 bits per heavy atom. The Kier molecular flexibility index (Phi) is 34.4. The van der Waals surface area contributed by atoms with Gasteiger partial charge in [-0.15, -0.1) is 0 Å². The van der Waals surface area contributed by atoms with Crippen LogP contribution in [0.5, 0.6) is 23.0 Å². The van der Waals surface area contributed by atoms with Crippen LogP contribution in [0.15, 0.2) is 72.8 Å². The first kappa shape index (κ1) is 65.1. The summed E-state index contributed by atoms with van der Waals surface area (Å²) in [5, 5.41) is 0. The minimum Gasteiger partial charge on any atom is -0.854 e. The second-order valence-electron chi connectivity index (χ2n) is 14.6. The third-order valence-electron chi connectivity index (χ3n) is 10.6. The molecule has 0 spiro atoms. The fraction of sp³-hybridized carbons (Fsp3) is 0.500. The molecule has 0 N–H and O–H groups in total. The SMILES string of the molecule is CCc1ccc(OCCS(CCOc2ccc(CC)cc2CC)=P([O-])([O-])[S-])c(CC)c1.CCc1ccc(OCCS(CCOc2ccc(CC)cc2CC)=P([O-])([O-])[S-])c(CC)c1.[Zn+2].[Zn+2].[Zn+2]. The van der Waals surface area contributed by atoms with Crippen molar-refractivity contribution in [3.8, 4) is 23.0 Å². The zero-order valence-electron chi connectivity index (χ0n) is 40.2. The van der Waals surface area contributed by atoms with Gasteiger partial charge in [-0.25, -0.2) is 20.1 Å². The summed E-state index contributed by atoms with van der Waals surface area (Å²) in [5.41, 5.74) is 1.92. The average molecular weight is 1160 g/mol. The molecule has 0 atom stereocenters. The first-order valence-electron chi connectivity index (χ1n) is 22.0. The molecule has 0 aromatic heterocycles. The molecule has 0 heterocycles. The Morgan fingerprint density at radius 1 is 0.369 bits per heavy atom.